The van der Waals surface area contributed by atoms with Crippen LogP contribution >= 0.6 is 0 Å². The SMILES string of the molecule is CC1CN(S(=O)(=O)c2ccc(CO)cc2F)CCCO1. The number of ether oxygens (including phenoxy) is 1. The lowest BCUT2D eigenvalue weighted by Crippen LogP contribution is -2.36. The van der Waals surface area contributed by atoms with E-state index < -0.39 is 15.8 Å². The van der Waals surface area contributed by atoms with Gasteiger partial charge < -0.3 is 9.84 Å². The number of halogens is 1. The lowest BCUT2D eigenvalue weighted by atomic mass is 10.2. The maximum atomic E-state index is 13.9. The van der Waals surface area contributed by atoms with E-state index in [2.05, 4.69) is 0 Å². The Hall–Kier alpha value is -1.02. The summed E-state index contributed by atoms with van der Waals surface area (Å²) in [5.74, 6) is -0.839. The maximum Gasteiger partial charge on any atom is 0.246 e. The van der Waals surface area contributed by atoms with E-state index in [4.69, 9.17) is 9.84 Å². The molecule has 1 unspecified atom stereocenters. The Labute approximate surface area is 118 Å². The van der Waals surface area contributed by atoms with Gasteiger partial charge in [-0.3, -0.25) is 0 Å². The Bertz CT molecular complexity index is 576. The minimum absolute atomic E-state index is 0.212. The minimum atomic E-state index is -3.88. The average molecular weight is 303 g/mol. The summed E-state index contributed by atoms with van der Waals surface area (Å²) in [6.07, 6.45) is 0.368. The van der Waals surface area contributed by atoms with Gasteiger partial charge in [0.25, 0.3) is 0 Å². The zero-order valence-corrected chi connectivity index (χ0v) is 12.1. The molecule has 0 radical (unpaired) electrons. The van der Waals surface area contributed by atoms with Crippen molar-refractivity contribution in [1.29, 1.82) is 0 Å². The second-order valence-electron chi connectivity index (χ2n) is 4.82. The second kappa shape index (κ2) is 6.17. The normalized spacial score (nSPS) is 21.6. The van der Waals surface area contributed by atoms with Gasteiger partial charge in [-0.05, 0) is 31.0 Å². The van der Waals surface area contributed by atoms with Crippen molar-refractivity contribution < 1.29 is 22.7 Å². The second-order valence-corrected chi connectivity index (χ2v) is 6.73. The summed E-state index contributed by atoms with van der Waals surface area (Å²) in [7, 11) is -3.88. The summed E-state index contributed by atoms with van der Waals surface area (Å²) in [5, 5.41) is 8.93. The molecule has 0 bridgehead atoms. The lowest BCUT2D eigenvalue weighted by molar-refractivity contribution is 0.0752. The lowest BCUT2D eigenvalue weighted by Gasteiger charge is -2.22. The molecule has 1 aliphatic rings. The fourth-order valence-corrected chi connectivity index (χ4v) is 3.76. The van der Waals surface area contributed by atoms with Gasteiger partial charge >= 0.3 is 0 Å². The summed E-state index contributed by atoms with van der Waals surface area (Å²) < 4.78 is 45.5. The van der Waals surface area contributed by atoms with E-state index >= 15 is 0 Å². The number of rotatable bonds is 3. The van der Waals surface area contributed by atoms with Crippen molar-refractivity contribution in [2.45, 2.75) is 31.0 Å². The van der Waals surface area contributed by atoms with E-state index in [1.807, 2.05) is 0 Å². The number of aliphatic hydroxyl groups excluding tert-OH is 1. The van der Waals surface area contributed by atoms with Gasteiger partial charge in [0, 0.05) is 19.7 Å². The van der Waals surface area contributed by atoms with Crippen molar-refractivity contribution in [1.82, 2.24) is 4.31 Å². The third-order valence-electron chi connectivity index (χ3n) is 3.21. The fourth-order valence-electron chi connectivity index (χ4n) is 2.17. The fraction of sp³-hybridized carbons (Fsp3) is 0.538. The van der Waals surface area contributed by atoms with Gasteiger partial charge in [-0.15, -0.1) is 0 Å². The quantitative estimate of drug-likeness (QED) is 0.908. The molecule has 0 aromatic heterocycles. The van der Waals surface area contributed by atoms with Crippen LogP contribution in [0.1, 0.15) is 18.9 Å². The van der Waals surface area contributed by atoms with Crippen LogP contribution in [0.3, 0.4) is 0 Å². The molecule has 2 rings (SSSR count). The zero-order valence-electron chi connectivity index (χ0n) is 11.3. The molecule has 0 aliphatic carbocycles. The van der Waals surface area contributed by atoms with E-state index in [0.29, 0.717) is 25.1 Å². The number of nitrogens with zero attached hydrogens (tertiary/aromatic N) is 1. The first kappa shape index (κ1) is 15.4. The highest BCUT2D eigenvalue weighted by atomic mass is 32.2. The van der Waals surface area contributed by atoms with E-state index in [-0.39, 0.29) is 24.2 Å². The Morgan fingerprint density at radius 1 is 1.50 bits per heavy atom. The molecule has 1 aliphatic heterocycles. The van der Waals surface area contributed by atoms with Crippen LogP contribution < -0.4 is 0 Å². The van der Waals surface area contributed by atoms with Crippen LogP contribution in [-0.4, -0.2) is 43.6 Å². The molecular weight excluding hydrogens is 285 g/mol. The first-order chi connectivity index (χ1) is 9.45. The highest BCUT2D eigenvalue weighted by molar-refractivity contribution is 7.89. The molecule has 1 aromatic carbocycles. The Balaban J connectivity index is 2.34. The first-order valence-electron chi connectivity index (χ1n) is 6.46. The predicted molar refractivity (Wildman–Crippen MR) is 71.1 cm³/mol. The van der Waals surface area contributed by atoms with E-state index in [0.717, 1.165) is 6.07 Å². The molecule has 0 amide bonds. The Kier molecular flexibility index (Phi) is 4.74. The summed E-state index contributed by atoms with van der Waals surface area (Å²) in [6, 6.07) is 3.66. The standard InChI is InChI=1S/C13H18FNO4S/c1-10-8-15(5-2-6-19-10)20(17,18)13-4-3-11(9-16)7-12(13)14/h3-4,7,10,16H,2,5-6,8-9H2,1H3. The number of aliphatic hydroxyl groups is 1. The van der Waals surface area contributed by atoms with Crippen LogP contribution in [0.25, 0.3) is 0 Å². The van der Waals surface area contributed by atoms with Crippen molar-refractivity contribution in [3.63, 3.8) is 0 Å². The Morgan fingerprint density at radius 3 is 2.90 bits per heavy atom. The van der Waals surface area contributed by atoms with Crippen LogP contribution in [0, 0.1) is 5.82 Å². The molecule has 112 valence electrons. The monoisotopic (exact) mass is 303 g/mol. The number of hydrogen-bond donors (Lipinski definition) is 1. The van der Waals surface area contributed by atoms with Crippen LogP contribution in [0.5, 0.6) is 0 Å². The van der Waals surface area contributed by atoms with Gasteiger partial charge in [0.2, 0.25) is 10.0 Å². The molecule has 1 saturated heterocycles. The molecule has 0 saturated carbocycles. The van der Waals surface area contributed by atoms with Crippen molar-refractivity contribution in [2.24, 2.45) is 0 Å². The molecule has 1 heterocycles. The molecule has 1 fully saturated rings. The van der Waals surface area contributed by atoms with Gasteiger partial charge in [-0.25, -0.2) is 12.8 Å². The molecular formula is C13H18FNO4S. The largest absolute Gasteiger partial charge is 0.392 e. The third-order valence-corrected chi connectivity index (χ3v) is 5.11. The van der Waals surface area contributed by atoms with Gasteiger partial charge in [0.05, 0.1) is 12.7 Å². The van der Waals surface area contributed by atoms with Crippen LogP contribution in [0.2, 0.25) is 0 Å². The van der Waals surface area contributed by atoms with Crippen molar-refractivity contribution in [2.75, 3.05) is 19.7 Å². The van der Waals surface area contributed by atoms with E-state index in [1.54, 1.807) is 6.92 Å². The smallest absolute Gasteiger partial charge is 0.246 e. The molecule has 7 heteroatoms. The average Bonchev–Trinajstić information content (AvgIpc) is 2.63. The molecule has 20 heavy (non-hydrogen) atoms. The first-order valence-corrected chi connectivity index (χ1v) is 7.90. The van der Waals surface area contributed by atoms with Crippen LogP contribution in [0.15, 0.2) is 23.1 Å². The van der Waals surface area contributed by atoms with Crippen LogP contribution in [-0.2, 0) is 21.4 Å². The summed E-state index contributed by atoms with van der Waals surface area (Å²) in [5.41, 5.74) is 0.342. The minimum Gasteiger partial charge on any atom is -0.392 e. The number of benzene rings is 1. The number of sulfonamides is 1. The molecule has 1 atom stereocenters. The van der Waals surface area contributed by atoms with Crippen molar-refractivity contribution >= 4 is 10.0 Å². The van der Waals surface area contributed by atoms with E-state index in [1.165, 1.54) is 16.4 Å². The summed E-state index contributed by atoms with van der Waals surface area (Å²) in [4.78, 5) is -0.358. The van der Waals surface area contributed by atoms with Crippen molar-refractivity contribution in [3.8, 4) is 0 Å². The van der Waals surface area contributed by atoms with Crippen LogP contribution in [0.4, 0.5) is 4.39 Å². The van der Waals surface area contributed by atoms with Gasteiger partial charge in [-0.1, -0.05) is 6.07 Å². The van der Waals surface area contributed by atoms with E-state index in [9.17, 15) is 12.8 Å². The predicted octanol–water partition coefficient (Wildman–Crippen LogP) is 1.12. The molecule has 5 nitrogen and oxygen atoms in total. The molecule has 1 aromatic rings. The summed E-state index contributed by atoms with van der Waals surface area (Å²) >= 11 is 0. The highest BCUT2D eigenvalue weighted by Gasteiger charge is 2.30. The third kappa shape index (κ3) is 3.17. The van der Waals surface area contributed by atoms with Gasteiger partial charge in [0.1, 0.15) is 10.7 Å². The topological polar surface area (TPSA) is 66.8 Å². The zero-order chi connectivity index (χ0) is 14.8. The number of hydrogen-bond acceptors (Lipinski definition) is 4. The highest BCUT2D eigenvalue weighted by Crippen LogP contribution is 2.22. The van der Waals surface area contributed by atoms with Gasteiger partial charge in [0.15, 0.2) is 0 Å². The Morgan fingerprint density at radius 2 is 2.25 bits per heavy atom. The summed E-state index contributed by atoms with van der Waals surface area (Å²) in [6.45, 7) is 2.49. The van der Waals surface area contributed by atoms with Gasteiger partial charge in [-0.2, -0.15) is 4.31 Å². The molecule has 0 spiro atoms. The maximum absolute atomic E-state index is 13.9. The van der Waals surface area contributed by atoms with Crippen molar-refractivity contribution in [3.05, 3.63) is 29.6 Å². The molecule has 1 N–H and O–H groups in total.